The van der Waals surface area contributed by atoms with Gasteiger partial charge in [0.25, 0.3) is 0 Å². The van der Waals surface area contributed by atoms with Crippen LogP contribution in [0.1, 0.15) is 37.2 Å². The van der Waals surface area contributed by atoms with Gasteiger partial charge in [0.15, 0.2) is 0 Å². The molecule has 0 unspecified atom stereocenters. The third-order valence-corrected chi connectivity index (χ3v) is 4.67. The van der Waals surface area contributed by atoms with E-state index in [1.54, 1.807) is 17.0 Å². The second-order valence-corrected chi connectivity index (χ2v) is 6.42. The van der Waals surface area contributed by atoms with Crippen molar-refractivity contribution in [2.45, 2.75) is 44.9 Å². The zero-order valence-electron chi connectivity index (χ0n) is 14.0. The molecular formula is C18H21F2N3O2. The van der Waals surface area contributed by atoms with E-state index in [0.717, 1.165) is 11.9 Å². The van der Waals surface area contributed by atoms with Gasteiger partial charge in [-0.15, -0.1) is 0 Å². The number of nitrogens with one attached hydrogen (secondary N) is 1. The molecule has 1 heterocycles. The van der Waals surface area contributed by atoms with Gasteiger partial charge < -0.3 is 15.0 Å². The van der Waals surface area contributed by atoms with E-state index in [9.17, 15) is 18.7 Å². The Morgan fingerprint density at radius 1 is 1.44 bits per heavy atom. The average Bonchev–Trinajstić information content (AvgIpc) is 2.97. The minimum atomic E-state index is -0.691. The van der Waals surface area contributed by atoms with E-state index in [1.165, 1.54) is 12.1 Å². The van der Waals surface area contributed by atoms with Crippen molar-refractivity contribution in [2.24, 2.45) is 5.92 Å². The lowest BCUT2D eigenvalue weighted by Crippen LogP contribution is -2.42. The molecule has 2 aromatic rings. The van der Waals surface area contributed by atoms with Crippen LogP contribution in [0.4, 0.5) is 8.78 Å². The van der Waals surface area contributed by atoms with Crippen LogP contribution in [0, 0.1) is 17.6 Å². The third kappa shape index (κ3) is 3.87. The van der Waals surface area contributed by atoms with Crippen molar-refractivity contribution in [1.29, 1.82) is 0 Å². The molecule has 134 valence electrons. The van der Waals surface area contributed by atoms with Crippen molar-refractivity contribution in [3.63, 3.8) is 0 Å². The van der Waals surface area contributed by atoms with Crippen molar-refractivity contribution in [3.05, 3.63) is 53.6 Å². The summed E-state index contributed by atoms with van der Waals surface area (Å²) >= 11 is 0. The first-order chi connectivity index (χ1) is 12.0. The molecule has 2 N–H and O–H groups in total. The van der Waals surface area contributed by atoms with Crippen LogP contribution in [-0.4, -0.2) is 26.7 Å². The fraction of sp³-hybridized carbons (Fsp3) is 0.444. The van der Waals surface area contributed by atoms with E-state index in [1.807, 2.05) is 6.92 Å². The van der Waals surface area contributed by atoms with E-state index in [2.05, 4.69) is 10.3 Å². The highest BCUT2D eigenvalue weighted by Crippen LogP contribution is 2.39. The number of aliphatic hydroxyl groups excluding tert-OH is 1. The third-order valence-electron chi connectivity index (χ3n) is 4.67. The maximum Gasteiger partial charge on any atom is 0.240 e. The van der Waals surface area contributed by atoms with Crippen LogP contribution in [0.3, 0.4) is 0 Å². The Morgan fingerprint density at radius 2 is 2.20 bits per heavy atom. The van der Waals surface area contributed by atoms with Crippen LogP contribution in [0.2, 0.25) is 0 Å². The average molecular weight is 349 g/mol. The number of nitrogens with zero attached hydrogens (tertiary/aromatic N) is 2. The van der Waals surface area contributed by atoms with Gasteiger partial charge in [-0.3, -0.25) is 4.79 Å². The molecule has 1 aromatic heterocycles. The second-order valence-electron chi connectivity index (χ2n) is 6.42. The molecule has 0 bridgehead atoms. The fourth-order valence-corrected chi connectivity index (χ4v) is 3.28. The zero-order chi connectivity index (χ0) is 18.0. The van der Waals surface area contributed by atoms with Gasteiger partial charge in [-0.2, -0.15) is 0 Å². The monoisotopic (exact) mass is 349 g/mol. The lowest BCUT2D eigenvalue weighted by atomic mass is 9.75. The van der Waals surface area contributed by atoms with Crippen molar-refractivity contribution in [2.75, 3.05) is 0 Å². The molecule has 1 aliphatic carbocycles. The Morgan fingerprint density at radius 3 is 2.84 bits per heavy atom. The van der Waals surface area contributed by atoms with E-state index >= 15 is 0 Å². The normalized spacial score (nSPS) is 20.8. The van der Waals surface area contributed by atoms with Crippen LogP contribution < -0.4 is 5.32 Å². The summed E-state index contributed by atoms with van der Waals surface area (Å²) in [6, 6.07) is 2.76. The summed E-state index contributed by atoms with van der Waals surface area (Å²) in [6.45, 7) is 2.03. The van der Waals surface area contributed by atoms with Gasteiger partial charge in [0, 0.05) is 30.4 Å². The summed E-state index contributed by atoms with van der Waals surface area (Å²) < 4.78 is 29.1. The topological polar surface area (TPSA) is 67.2 Å². The summed E-state index contributed by atoms with van der Waals surface area (Å²) in [5.41, 5.74) is 0.244. The van der Waals surface area contributed by atoms with E-state index in [0.29, 0.717) is 19.3 Å². The molecule has 5 nitrogen and oxygen atoms in total. The maximum atomic E-state index is 14.2. The van der Waals surface area contributed by atoms with Crippen molar-refractivity contribution in [1.82, 2.24) is 14.9 Å². The Hall–Kier alpha value is -2.28. The standard InChI is InChI=1S/C18H21F2N3O2/c1-2-16-21-5-6-23(16)10-17(25)22-18(11-7-13(24)8-11)14-4-3-12(19)9-15(14)20/h3-6,9,11,13,18,24H,2,7-8,10H2,1H3,(H,22,25)/t11?,13?,18-/m1/s1. The van der Waals surface area contributed by atoms with E-state index < -0.39 is 23.8 Å². The first-order valence-electron chi connectivity index (χ1n) is 8.40. The molecule has 7 heteroatoms. The van der Waals surface area contributed by atoms with Gasteiger partial charge in [-0.05, 0) is 24.8 Å². The van der Waals surface area contributed by atoms with E-state index in [4.69, 9.17) is 0 Å². The van der Waals surface area contributed by atoms with Gasteiger partial charge in [-0.25, -0.2) is 13.8 Å². The zero-order valence-corrected chi connectivity index (χ0v) is 14.0. The smallest absolute Gasteiger partial charge is 0.240 e. The lowest BCUT2D eigenvalue weighted by molar-refractivity contribution is -0.123. The van der Waals surface area contributed by atoms with Gasteiger partial charge in [0.2, 0.25) is 5.91 Å². The fourth-order valence-electron chi connectivity index (χ4n) is 3.28. The number of aromatic nitrogens is 2. The Balaban J connectivity index is 1.77. The predicted molar refractivity (Wildman–Crippen MR) is 87.6 cm³/mol. The number of carbonyl (C=O) groups excluding carboxylic acids is 1. The number of imidazole rings is 1. The molecule has 1 amide bonds. The summed E-state index contributed by atoms with van der Waals surface area (Å²) in [4.78, 5) is 16.6. The summed E-state index contributed by atoms with van der Waals surface area (Å²) in [5.74, 6) is -0.913. The highest BCUT2D eigenvalue weighted by atomic mass is 19.1. The highest BCUT2D eigenvalue weighted by molar-refractivity contribution is 5.76. The molecule has 1 atom stereocenters. The molecule has 1 aromatic carbocycles. The van der Waals surface area contributed by atoms with Crippen LogP contribution in [-0.2, 0) is 17.8 Å². The summed E-state index contributed by atoms with van der Waals surface area (Å²) in [6.07, 6.45) is 4.57. The molecule has 0 radical (unpaired) electrons. The quantitative estimate of drug-likeness (QED) is 0.841. The molecule has 25 heavy (non-hydrogen) atoms. The van der Waals surface area contributed by atoms with Gasteiger partial charge >= 0.3 is 0 Å². The van der Waals surface area contributed by atoms with Crippen molar-refractivity contribution < 1.29 is 18.7 Å². The molecule has 1 aliphatic rings. The summed E-state index contributed by atoms with van der Waals surface area (Å²) in [7, 11) is 0. The number of aliphatic hydroxyl groups is 1. The van der Waals surface area contributed by atoms with E-state index in [-0.39, 0.29) is 23.9 Å². The number of amides is 1. The SMILES string of the molecule is CCc1nccn1CC(=O)N[C@@H](c1ccc(F)cc1F)C1CC(O)C1. The van der Waals surface area contributed by atoms with Gasteiger partial charge in [-0.1, -0.05) is 13.0 Å². The number of benzene rings is 1. The Kier molecular flexibility index (Phi) is 5.13. The first-order valence-corrected chi connectivity index (χ1v) is 8.40. The number of hydrogen-bond acceptors (Lipinski definition) is 3. The molecule has 0 aliphatic heterocycles. The number of rotatable bonds is 6. The first kappa shape index (κ1) is 17.5. The maximum absolute atomic E-state index is 14.2. The Labute approximate surface area is 144 Å². The molecule has 0 spiro atoms. The minimum Gasteiger partial charge on any atom is -0.393 e. The van der Waals surface area contributed by atoms with Gasteiger partial charge in [0.1, 0.15) is 24.0 Å². The highest BCUT2D eigenvalue weighted by Gasteiger charge is 2.36. The van der Waals surface area contributed by atoms with Crippen LogP contribution in [0.25, 0.3) is 0 Å². The minimum absolute atomic E-state index is 0.0765. The van der Waals surface area contributed by atoms with Crippen LogP contribution >= 0.6 is 0 Å². The molecule has 1 saturated carbocycles. The molecule has 1 fully saturated rings. The second kappa shape index (κ2) is 7.31. The molecule has 0 saturated heterocycles. The number of aryl methyl sites for hydroxylation is 1. The molecule has 3 rings (SSSR count). The molecular weight excluding hydrogens is 328 g/mol. The van der Waals surface area contributed by atoms with Crippen LogP contribution in [0.15, 0.2) is 30.6 Å². The van der Waals surface area contributed by atoms with Crippen molar-refractivity contribution >= 4 is 5.91 Å². The predicted octanol–water partition coefficient (Wildman–Crippen LogP) is 2.35. The number of halogens is 2. The van der Waals surface area contributed by atoms with Crippen LogP contribution in [0.5, 0.6) is 0 Å². The number of hydrogen-bond donors (Lipinski definition) is 2. The van der Waals surface area contributed by atoms with Crippen molar-refractivity contribution in [3.8, 4) is 0 Å². The summed E-state index contributed by atoms with van der Waals surface area (Å²) in [5, 5.41) is 12.4. The lowest BCUT2D eigenvalue weighted by Gasteiger charge is -2.38. The number of carbonyl (C=O) groups is 1. The largest absolute Gasteiger partial charge is 0.393 e. The Bertz CT molecular complexity index is 757. The van der Waals surface area contributed by atoms with Gasteiger partial charge in [0.05, 0.1) is 12.1 Å².